The predicted molar refractivity (Wildman–Crippen MR) is 147 cm³/mol. The first kappa shape index (κ1) is 27.4. The lowest BCUT2D eigenvalue weighted by atomic mass is 9.76. The Morgan fingerprint density at radius 2 is 1.09 bits per heavy atom. The molecule has 0 spiro atoms. The van der Waals surface area contributed by atoms with Crippen LogP contribution in [0.5, 0.6) is 11.5 Å². The Morgan fingerprint density at radius 1 is 0.657 bits per heavy atom. The first-order chi connectivity index (χ1) is 16.2. The normalized spacial score (nSPS) is 12.3. The average Bonchev–Trinajstić information content (AvgIpc) is 2.73. The van der Waals surface area contributed by atoms with Crippen molar-refractivity contribution in [3.05, 3.63) is 86.7 Å². The predicted octanol–water partition coefficient (Wildman–Crippen LogP) is 9.16. The summed E-state index contributed by atoms with van der Waals surface area (Å²) < 4.78 is 11.2. The topological polar surface area (TPSA) is 31.4 Å². The number of aromatic nitrogens is 1. The van der Waals surface area contributed by atoms with Gasteiger partial charge < -0.3 is 8.58 Å². The molecule has 0 radical (unpaired) electrons. The number of benzene rings is 2. The zero-order valence-corrected chi connectivity index (χ0v) is 24.1. The molecule has 0 aliphatic carbocycles. The van der Waals surface area contributed by atoms with Gasteiger partial charge in [0.1, 0.15) is 23.7 Å². The number of nitrogens with zero attached hydrogens (tertiary/aromatic N) is 1. The van der Waals surface area contributed by atoms with Crippen LogP contribution >= 0.6 is 23.7 Å². The molecule has 0 fully saturated rings. The standard InChI is InChI=1S/C30H37Cl2NO2/c1-17-12-21(27(34-31)23(14-17)29(5,6)7)25(26-20(4)11-19(3)16-33-26)22-13-18(2)15-24(28(22)35-32)30(8,9)10/h11-16,25H,1-10H3. The van der Waals surface area contributed by atoms with Gasteiger partial charge in [0, 0.05) is 28.5 Å². The fourth-order valence-electron chi connectivity index (χ4n) is 4.81. The second-order valence-electron chi connectivity index (χ2n) is 11.8. The van der Waals surface area contributed by atoms with E-state index in [1.165, 1.54) is 0 Å². The van der Waals surface area contributed by atoms with Gasteiger partial charge in [-0.25, -0.2) is 0 Å². The van der Waals surface area contributed by atoms with E-state index in [9.17, 15) is 0 Å². The summed E-state index contributed by atoms with van der Waals surface area (Å²) in [6.07, 6.45) is 1.90. The Kier molecular flexibility index (Phi) is 7.84. The van der Waals surface area contributed by atoms with Crippen molar-refractivity contribution in [2.24, 2.45) is 0 Å². The minimum Gasteiger partial charge on any atom is -0.385 e. The van der Waals surface area contributed by atoms with Gasteiger partial charge in [-0.2, -0.15) is 0 Å². The van der Waals surface area contributed by atoms with Crippen LogP contribution in [-0.4, -0.2) is 4.98 Å². The molecule has 0 saturated carbocycles. The molecule has 5 heteroatoms. The summed E-state index contributed by atoms with van der Waals surface area (Å²) >= 11 is 12.4. The zero-order chi connectivity index (χ0) is 26.3. The summed E-state index contributed by atoms with van der Waals surface area (Å²) in [5, 5.41) is 0. The van der Waals surface area contributed by atoms with E-state index in [4.69, 9.17) is 37.3 Å². The van der Waals surface area contributed by atoms with Gasteiger partial charge in [-0.1, -0.05) is 83.0 Å². The molecule has 1 aromatic heterocycles. The van der Waals surface area contributed by atoms with Gasteiger partial charge in [-0.15, -0.1) is 0 Å². The van der Waals surface area contributed by atoms with Gasteiger partial charge in [-0.3, -0.25) is 4.98 Å². The Labute approximate surface area is 221 Å². The molecule has 3 aromatic rings. The monoisotopic (exact) mass is 513 g/mol. The van der Waals surface area contributed by atoms with Gasteiger partial charge in [-0.05, 0) is 49.7 Å². The lowest BCUT2D eigenvalue weighted by Crippen LogP contribution is -2.18. The largest absolute Gasteiger partial charge is 0.385 e. The molecule has 188 valence electrons. The van der Waals surface area contributed by atoms with Crippen LogP contribution < -0.4 is 8.58 Å². The van der Waals surface area contributed by atoms with Crippen LogP contribution in [0.4, 0.5) is 0 Å². The van der Waals surface area contributed by atoms with Crippen molar-refractivity contribution in [2.45, 2.75) is 86.0 Å². The number of hydrogen-bond acceptors (Lipinski definition) is 3. The summed E-state index contributed by atoms with van der Waals surface area (Å²) in [6, 6.07) is 10.7. The summed E-state index contributed by atoms with van der Waals surface area (Å²) in [5.41, 5.74) is 8.92. The number of halogens is 2. The molecular formula is C30H37Cl2NO2. The molecule has 3 nitrogen and oxygen atoms in total. The van der Waals surface area contributed by atoms with Crippen molar-refractivity contribution in [1.82, 2.24) is 4.98 Å². The second kappa shape index (κ2) is 10.0. The molecule has 1 heterocycles. The van der Waals surface area contributed by atoms with Gasteiger partial charge in [0.05, 0.1) is 11.6 Å². The summed E-state index contributed by atoms with van der Waals surface area (Å²) in [4.78, 5) is 4.93. The molecule has 3 rings (SSSR count). The van der Waals surface area contributed by atoms with Gasteiger partial charge in [0.25, 0.3) is 0 Å². The van der Waals surface area contributed by atoms with E-state index in [-0.39, 0.29) is 16.7 Å². The summed E-state index contributed by atoms with van der Waals surface area (Å²) in [5.74, 6) is 0.992. The maximum absolute atomic E-state index is 6.21. The molecule has 0 aliphatic heterocycles. The summed E-state index contributed by atoms with van der Waals surface area (Å²) in [6.45, 7) is 21.3. The van der Waals surface area contributed by atoms with Crippen LogP contribution in [0.1, 0.15) is 97.7 Å². The highest BCUT2D eigenvalue weighted by Gasteiger charge is 2.33. The van der Waals surface area contributed by atoms with Crippen molar-refractivity contribution >= 4 is 23.7 Å². The van der Waals surface area contributed by atoms with E-state index < -0.39 is 0 Å². The van der Waals surface area contributed by atoms with Crippen molar-refractivity contribution < 1.29 is 8.58 Å². The van der Waals surface area contributed by atoms with Gasteiger partial charge in [0.2, 0.25) is 0 Å². The number of aryl methyl sites for hydroxylation is 4. The van der Waals surface area contributed by atoms with E-state index in [0.29, 0.717) is 11.5 Å². The van der Waals surface area contributed by atoms with E-state index in [1.807, 2.05) is 13.1 Å². The minimum atomic E-state index is -0.305. The maximum Gasteiger partial charge on any atom is 0.154 e. The highest BCUT2D eigenvalue weighted by molar-refractivity contribution is 6.09. The van der Waals surface area contributed by atoms with Crippen LogP contribution in [0.3, 0.4) is 0 Å². The molecule has 0 atom stereocenters. The molecular weight excluding hydrogens is 477 g/mol. The molecule has 0 N–H and O–H groups in total. The Hall–Kier alpha value is -2.23. The molecule has 0 unspecified atom stereocenters. The SMILES string of the molecule is Cc1cnc(C(c2cc(C)cc(C(C)(C)C)c2OCl)c2cc(C)cc(C(C)(C)C)c2OCl)c(C)c1. The Bertz CT molecular complexity index is 1170. The quantitative estimate of drug-likeness (QED) is 0.340. The maximum atomic E-state index is 6.21. The molecule has 2 aromatic carbocycles. The first-order valence-corrected chi connectivity index (χ1v) is 12.6. The Balaban J connectivity index is 2.53. The van der Waals surface area contributed by atoms with Crippen LogP contribution in [-0.2, 0) is 10.8 Å². The van der Waals surface area contributed by atoms with E-state index >= 15 is 0 Å². The lowest BCUT2D eigenvalue weighted by molar-refractivity contribution is 0.521. The summed E-state index contributed by atoms with van der Waals surface area (Å²) in [7, 11) is 0. The molecule has 0 bridgehead atoms. The fourth-order valence-corrected chi connectivity index (χ4v) is 5.15. The number of hydrogen-bond donors (Lipinski definition) is 0. The molecule has 0 amide bonds. The number of rotatable bonds is 5. The highest BCUT2D eigenvalue weighted by atomic mass is 35.5. The van der Waals surface area contributed by atoms with E-state index in [2.05, 4.69) is 92.6 Å². The van der Waals surface area contributed by atoms with Crippen molar-refractivity contribution in [3.63, 3.8) is 0 Å². The zero-order valence-electron chi connectivity index (χ0n) is 22.6. The third kappa shape index (κ3) is 5.62. The van der Waals surface area contributed by atoms with Crippen molar-refractivity contribution in [1.29, 1.82) is 0 Å². The second-order valence-corrected chi connectivity index (χ2v) is 12.1. The molecule has 35 heavy (non-hydrogen) atoms. The van der Waals surface area contributed by atoms with Gasteiger partial charge >= 0.3 is 0 Å². The van der Waals surface area contributed by atoms with E-state index in [1.54, 1.807) is 0 Å². The minimum absolute atomic E-state index is 0.180. The van der Waals surface area contributed by atoms with Crippen LogP contribution in [0.15, 0.2) is 36.5 Å². The third-order valence-corrected chi connectivity index (χ3v) is 6.75. The van der Waals surface area contributed by atoms with Crippen LogP contribution in [0.2, 0.25) is 0 Å². The fraction of sp³-hybridized carbons (Fsp3) is 0.433. The van der Waals surface area contributed by atoms with Gasteiger partial charge in [0.15, 0.2) is 11.5 Å². The molecule has 0 aliphatic rings. The average molecular weight is 515 g/mol. The van der Waals surface area contributed by atoms with Crippen LogP contribution in [0.25, 0.3) is 0 Å². The lowest BCUT2D eigenvalue weighted by Gasteiger charge is -2.30. The van der Waals surface area contributed by atoms with Crippen LogP contribution in [0, 0.1) is 27.7 Å². The van der Waals surface area contributed by atoms with E-state index in [0.717, 1.165) is 50.2 Å². The highest BCUT2D eigenvalue weighted by Crippen LogP contribution is 2.48. The third-order valence-electron chi connectivity index (χ3n) is 6.45. The Morgan fingerprint density at radius 3 is 1.43 bits per heavy atom. The molecule has 0 saturated heterocycles. The smallest absolute Gasteiger partial charge is 0.154 e. The van der Waals surface area contributed by atoms with Crippen molar-refractivity contribution in [2.75, 3.05) is 0 Å². The first-order valence-electron chi connectivity index (χ1n) is 12.0. The number of pyridine rings is 1. The van der Waals surface area contributed by atoms with Crippen molar-refractivity contribution in [3.8, 4) is 11.5 Å².